The van der Waals surface area contributed by atoms with Crippen LogP contribution in [0.2, 0.25) is 0 Å². The number of hydrogen-bond donors (Lipinski definition) is 6. The molecule has 0 rings (SSSR count). The maximum atomic E-state index is 8.74. The van der Waals surface area contributed by atoms with Gasteiger partial charge in [0.2, 0.25) is 0 Å². The molecule has 0 radical (unpaired) electrons. The third-order valence-electron chi connectivity index (χ3n) is 0. The fraction of sp³-hybridized carbons (Fsp3) is 0. The molecule has 0 spiro atoms. The van der Waals surface area contributed by atoms with E-state index >= 15 is 0 Å². The van der Waals surface area contributed by atoms with Crippen molar-refractivity contribution in [3.63, 3.8) is 0 Å². The molecule has 13 heteroatoms. The van der Waals surface area contributed by atoms with Gasteiger partial charge in [-0.15, -0.1) is 0 Å². The van der Waals surface area contributed by atoms with Gasteiger partial charge in [0, 0.05) is 0 Å². The van der Waals surface area contributed by atoms with Gasteiger partial charge in [0.25, 0.3) is 0 Å². The summed E-state index contributed by atoms with van der Waals surface area (Å²) < 4.78 is 31.6. The summed E-state index contributed by atoms with van der Waals surface area (Å²) in [5.41, 5.74) is 0. The quantitative estimate of drug-likeness (QED) is 0.186. The summed E-state index contributed by atoms with van der Waals surface area (Å²) in [6, 6.07) is 0. The molecule has 0 amide bonds. The fourth-order valence-electron chi connectivity index (χ4n) is 0. The van der Waals surface area contributed by atoms with E-state index in [1.807, 2.05) is 0 Å². The van der Waals surface area contributed by atoms with Crippen LogP contribution in [-0.2, 0) is 10.4 Å². The van der Waals surface area contributed by atoms with Crippen molar-refractivity contribution in [2.45, 2.75) is 0 Å². The second kappa shape index (κ2) is 12.2. The summed E-state index contributed by atoms with van der Waals surface area (Å²) in [5, 5.41) is 0. The van der Waals surface area contributed by atoms with Crippen LogP contribution in [0.15, 0.2) is 0 Å². The molecule has 0 fully saturated rings. The zero-order chi connectivity index (χ0) is 9.00. The maximum Gasteiger partial charge on any atom is 2.00 e. The summed E-state index contributed by atoms with van der Waals surface area (Å²) in [7, 11) is -9.28. The molecule has 9 nitrogen and oxygen atoms in total. The predicted molar refractivity (Wildman–Crippen MR) is 41.5 cm³/mol. The van der Waals surface area contributed by atoms with Gasteiger partial charge in [-0.3, -0.25) is 9.11 Å². The van der Waals surface area contributed by atoms with E-state index in [0.717, 1.165) is 0 Å². The Morgan fingerprint density at radius 2 is 1.00 bits per heavy atom. The first-order chi connectivity index (χ1) is 4.00. The molecule has 0 aromatic rings. The minimum absolute atomic E-state index is 0. The predicted octanol–water partition coefficient (Wildman–Crippen LogP) is -7.13. The molecule has 0 aliphatic carbocycles. The molecule has 0 saturated carbocycles. The molecule has 0 atom stereocenters. The molecule has 0 aromatic carbocycles. The SMILES string of the molecule is O.O=S(=O)(O)O.O[Si](O)(O)O.[Ca+2].[H-].[H-].[H-].[Na+]. The van der Waals surface area contributed by atoms with E-state index in [0.29, 0.717) is 0 Å². The summed E-state index contributed by atoms with van der Waals surface area (Å²) in [6.45, 7) is 0. The third-order valence-corrected chi connectivity index (χ3v) is 0. The molecule has 0 aromatic heterocycles. The molecule has 0 bridgehead atoms. The average molecular weight is 278 g/mol. The minimum Gasteiger partial charge on any atom is -1.00 e. The zero-order valence-electron chi connectivity index (χ0n) is 9.62. The Hall–Kier alpha value is 2.15. The van der Waals surface area contributed by atoms with Crippen molar-refractivity contribution in [3.8, 4) is 0 Å². The molecular formula is H11CaNaO9SSi. The maximum absolute atomic E-state index is 8.74. The van der Waals surface area contributed by atoms with Gasteiger partial charge in [-0.05, 0) is 0 Å². The molecule has 8 N–H and O–H groups in total. The number of rotatable bonds is 0. The normalized spacial score (nSPS) is 9.08. The van der Waals surface area contributed by atoms with Gasteiger partial charge in [0.15, 0.2) is 0 Å². The van der Waals surface area contributed by atoms with Crippen molar-refractivity contribution in [3.05, 3.63) is 0 Å². The average Bonchev–Trinajstić information content (AvgIpc) is 1.12. The Balaban J connectivity index is -0.00000000970. The van der Waals surface area contributed by atoms with E-state index in [1.165, 1.54) is 0 Å². The molecule has 0 unspecified atom stereocenters. The van der Waals surface area contributed by atoms with Crippen molar-refractivity contribution in [1.82, 2.24) is 0 Å². The van der Waals surface area contributed by atoms with Crippen LogP contribution in [0, 0.1) is 0 Å². The van der Waals surface area contributed by atoms with Gasteiger partial charge in [-0.25, -0.2) is 0 Å². The topological polar surface area (TPSA) is 187 Å². The van der Waals surface area contributed by atoms with E-state index in [2.05, 4.69) is 0 Å². The fourth-order valence-corrected chi connectivity index (χ4v) is 0. The first-order valence-electron chi connectivity index (χ1n) is 1.59. The third kappa shape index (κ3) is 453. The Bertz CT molecular complexity index is 166. The van der Waals surface area contributed by atoms with Gasteiger partial charge < -0.3 is 28.9 Å². The Morgan fingerprint density at radius 1 is 1.00 bits per heavy atom. The van der Waals surface area contributed by atoms with Crippen molar-refractivity contribution < 1.29 is 76.0 Å². The standard InChI is InChI=1S/Ca.Na.H2O4S.H4O4Si.H2O.3H/c;;2*1-5(2,3)4;;;;/h;;(H2,1,2,3,4);1-4H;1H2;;;/q+2;+1;;;;3*-1. The van der Waals surface area contributed by atoms with Crippen molar-refractivity contribution in [1.29, 1.82) is 0 Å². The second-order valence-corrected chi connectivity index (χ2v) is 3.14. The van der Waals surface area contributed by atoms with Crippen molar-refractivity contribution in [2.75, 3.05) is 0 Å². The molecule has 0 saturated heterocycles. The van der Waals surface area contributed by atoms with Gasteiger partial charge in [-0.2, -0.15) is 8.42 Å². The smallest absolute Gasteiger partial charge is 1.00 e. The second-order valence-electron chi connectivity index (χ2n) is 1.05. The summed E-state index contributed by atoms with van der Waals surface area (Å²) in [6.07, 6.45) is 0. The van der Waals surface area contributed by atoms with E-state index < -0.39 is 19.4 Å². The van der Waals surface area contributed by atoms with Gasteiger partial charge in [-0.1, -0.05) is 0 Å². The van der Waals surface area contributed by atoms with E-state index in [9.17, 15) is 0 Å². The summed E-state index contributed by atoms with van der Waals surface area (Å²) in [4.78, 5) is 29.3. The largest absolute Gasteiger partial charge is 2.00 e. The van der Waals surface area contributed by atoms with Crippen LogP contribution < -0.4 is 29.6 Å². The van der Waals surface area contributed by atoms with Crippen LogP contribution in [0.5, 0.6) is 0 Å². The van der Waals surface area contributed by atoms with Crippen LogP contribution in [0.3, 0.4) is 0 Å². The van der Waals surface area contributed by atoms with E-state index in [-0.39, 0.29) is 77.1 Å². The minimum atomic E-state index is -4.67. The van der Waals surface area contributed by atoms with E-state index in [1.54, 1.807) is 0 Å². The van der Waals surface area contributed by atoms with Crippen LogP contribution in [0.4, 0.5) is 0 Å². The van der Waals surface area contributed by atoms with Gasteiger partial charge in [0.1, 0.15) is 0 Å². The van der Waals surface area contributed by atoms with E-state index in [4.69, 9.17) is 36.7 Å². The molecule has 0 aliphatic rings. The summed E-state index contributed by atoms with van der Waals surface area (Å²) in [5.74, 6) is 0. The van der Waals surface area contributed by atoms with Crippen LogP contribution >= 0.6 is 0 Å². The van der Waals surface area contributed by atoms with Gasteiger partial charge in [0.05, 0.1) is 0 Å². The molecule has 0 aliphatic heterocycles. The van der Waals surface area contributed by atoms with Crippen LogP contribution in [-0.4, -0.2) is 89.0 Å². The van der Waals surface area contributed by atoms with Crippen molar-refractivity contribution >= 4 is 57.2 Å². The first-order valence-corrected chi connectivity index (χ1v) is 4.78. The van der Waals surface area contributed by atoms with Crippen LogP contribution in [0.25, 0.3) is 0 Å². The van der Waals surface area contributed by atoms with Crippen LogP contribution in [0.1, 0.15) is 4.28 Å². The Labute approximate surface area is 132 Å². The number of hydrogen-bond acceptors (Lipinski definition) is 6. The molecular weight excluding hydrogens is 267 g/mol. The molecule has 0 heterocycles. The summed E-state index contributed by atoms with van der Waals surface area (Å²) >= 11 is 0. The monoisotopic (exact) mass is 278 g/mol. The first kappa shape index (κ1) is 29.4. The molecule has 13 heavy (non-hydrogen) atoms. The zero-order valence-corrected chi connectivity index (χ0v) is 12.6. The van der Waals surface area contributed by atoms with Gasteiger partial charge >= 0.3 is 86.7 Å². The Morgan fingerprint density at radius 3 is 1.00 bits per heavy atom. The Kier molecular flexibility index (Phi) is 27.7. The van der Waals surface area contributed by atoms with Crippen molar-refractivity contribution in [2.24, 2.45) is 0 Å². The molecule has 78 valence electrons.